The van der Waals surface area contributed by atoms with E-state index in [1.54, 1.807) is 6.92 Å². The van der Waals surface area contributed by atoms with Gasteiger partial charge in [-0.2, -0.15) is 0 Å². The Labute approximate surface area is 86.1 Å². The van der Waals surface area contributed by atoms with Crippen molar-refractivity contribution in [1.82, 2.24) is 0 Å². The number of nitrogens with two attached hydrogens (primary N) is 1. The molecule has 0 radical (unpaired) electrons. The molecule has 1 aromatic carbocycles. The highest BCUT2D eigenvalue weighted by Crippen LogP contribution is 2.27. The number of carboxylic acid groups (broad SMARTS) is 1. The van der Waals surface area contributed by atoms with Gasteiger partial charge in [0.05, 0.1) is 5.56 Å². The van der Waals surface area contributed by atoms with Gasteiger partial charge in [0, 0.05) is 5.56 Å². The fraction of sp³-hybridized carbons (Fsp3) is 0.200. The van der Waals surface area contributed by atoms with Crippen molar-refractivity contribution >= 4 is 12.3 Å². The Balaban J connectivity index is 3.34. The van der Waals surface area contributed by atoms with Gasteiger partial charge in [-0.3, -0.25) is 9.59 Å². The second-order valence-corrected chi connectivity index (χ2v) is 3.23. The SMILES string of the molecule is Cc1cc(C=O)c(O)c([C@H](N)C(=O)O)c1. The number of rotatable bonds is 3. The van der Waals surface area contributed by atoms with Gasteiger partial charge >= 0.3 is 5.97 Å². The van der Waals surface area contributed by atoms with Gasteiger partial charge in [0.1, 0.15) is 11.8 Å². The van der Waals surface area contributed by atoms with E-state index in [4.69, 9.17) is 10.8 Å². The molecule has 80 valence electrons. The van der Waals surface area contributed by atoms with Crippen molar-refractivity contribution in [2.24, 2.45) is 5.73 Å². The van der Waals surface area contributed by atoms with Crippen molar-refractivity contribution in [3.05, 3.63) is 28.8 Å². The summed E-state index contributed by atoms with van der Waals surface area (Å²) in [6.45, 7) is 1.69. The summed E-state index contributed by atoms with van der Waals surface area (Å²) >= 11 is 0. The number of phenols is 1. The van der Waals surface area contributed by atoms with Crippen LogP contribution in [0.15, 0.2) is 12.1 Å². The van der Waals surface area contributed by atoms with Gasteiger partial charge < -0.3 is 15.9 Å². The molecule has 0 unspecified atom stereocenters. The number of phenolic OH excluding ortho intramolecular Hbond substituents is 1. The average molecular weight is 209 g/mol. The molecule has 0 aliphatic carbocycles. The van der Waals surface area contributed by atoms with Crippen LogP contribution in [0.1, 0.15) is 27.5 Å². The fourth-order valence-electron chi connectivity index (χ4n) is 1.30. The number of aromatic hydroxyl groups is 1. The Bertz CT molecular complexity index is 414. The Morgan fingerprint density at radius 3 is 2.60 bits per heavy atom. The van der Waals surface area contributed by atoms with Gasteiger partial charge in [0.25, 0.3) is 0 Å². The van der Waals surface area contributed by atoms with Gasteiger partial charge in [-0.25, -0.2) is 0 Å². The van der Waals surface area contributed by atoms with E-state index in [1.165, 1.54) is 12.1 Å². The maximum absolute atomic E-state index is 10.6. The highest BCUT2D eigenvalue weighted by atomic mass is 16.4. The van der Waals surface area contributed by atoms with Gasteiger partial charge in [-0.05, 0) is 18.6 Å². The van der Waals surface area contributed by atoms with Crippen LogP contribution in [0, 0.1) is 6.92 Å². The summed E-state index contributed by atoms with van der Waals surface area (Å²) in [4.78, 5) is 21.2. The van der Waals surface area contributed by atoms with E-state index in [0.717, 1.165) is 0 Å². The molecule has 5 heteroatoms. The van der Waals surface area contributed by atoms with Gasteiger partial charge in [0.15, 0.2) is 6.29 Å². The molecule has 0 amide bonds. The predicted octanol–water partition coefficient (Wildman–Crippen LogP) is 0.598. The Hall–Kier alpha value is -1.88. The van der Waals surface area contributed by atoms with Gasteiger partial charge in [-0.15, -0.1) is 0 Å². The normalized spacial score (nSPS) is 12.1. The Morgan fingerprint density at radius 2 is 2.13 bits per heavy atom. The molecule has 0 fully saturated rings. The van der Waals surface area contributed by atoms with E-state index in [9.17, 15) is 14.7 Å². The first kappa shape index (κ1) is 11.2. The van der Waals surface area contributed by atoms with Crippen molar-refractivity contribution in [1.29, 1.82) is 0 Å². The van der Waals surface area contributed by atoms with E-state index in [1.807, 2.05) is 0 Å². The molecule has 0 bridgehead atoms. The molecule has 5 nitrogen and oxygen atoms in total. The van der Waals surface area contributed by atoms with Crippen molar-refractivity contribution in [2.45, 2.75) is 13.0 Å². The molecule has 0 aromatic heterocycles. The summed E-state index contributed by atoms with van der Waals surface area (Å²) in [5.74, 6) is -1.63. The summed E-state index contributed by atoms with van der Waals surface area (Å²) in [5, 5.41) is 18.2. The number of carbonyl (C=O) groups is 2. The highest BCUT2D eigenvalue weighted by molar-refractivity contribution is 5.83. The molecule has 4 N–H and O–H groups in total. The fourth-order valence-corrected chi connectivity index (χ4v) is 1.30. The van der Waals surface area contributed by atoms with Crippen LogP contribution in [0.5, 0.6) is 5.75 Å². The number of aldehydes is 1. The zero-order chi connectivity index (χ0) is 11.6. The molecule has 0 heterocycles. The molecule has 0 saturated heterocycles. The smallest absolute Gasteiger partial charge is 0.325 e. The average Bonchev–Trinajstić information content (AvgIpc) is 2.19. The molecular formula is C10H11NO4. The van der Waals surface area contributed by atoms with E-state index >= 15 is 0 Å². The van der Waals surface area contributed by atoms with E-state index in [-0.39, 0.29) is 16.9 Å². The lowest BCUT2D eigenvalue weighted by atomic mass is 10.00. The quantitative estimate of drug-likeness (QED) is 0.633. The standard InChI is InChI=1S/C10H11NO4/c1-5-2-6(4-12)9(13)7(3-5)8(11)10(14)15/h2-4,8,13H,11H2,1H3,(H,14,15)/t8-/m0/s1. The molecule has 0 aliphatic rings. The highest BCUT2D eigenvalue weighted by Gasteiger charge is 2.20. The summed E-state index contributed by atoms with van der Waals surface area (Å²) in [7, 11) is 0. The van der Waals surface area contributed by atoms with Crippen molar-refractivity contribution in [3.8, 4) is 5.75 Å². The molecule has 0 aliphatic heterocycles. The summed E-state index contributed by atoms with van der Waals surface area (Å²) in [6, 6.07) is 1.57. The number of hydrogen-bond acceptors (Lipinski definition) is 4. The maximum atomic E-state index is 10.6. The lowest BCUT2D eigenvalue weighted by molar-refractivity contribution is -0.138. The minimum absolute atomic E-state index is 0.0432. The van der Waals surface area contributed by atoms with Crippen LogP contribution in [0.25, 0.3) is 0 Å². The van der Waals surface area contributed by atoms with Gasteiger partial charge in [-0.1, -0.05) is 6.07 Å². The number of hydrogen-bond donors (Lipinski definition) is 3. The van der Waals surface area contributed by atoms with Crippen molar-refractivity contribution in [3.63, 3.8) is 0 Å². The first-order chi connectivity index (χ1) is 6.97. The van der Waals surface area contributed by atoms with E-state index in [2.05, 4.69) is 0 Å². The van der Waals surface area contributed by atoms with Crippen LogP contribution in [-0.4, -0.2) is 22.5 Å². The second-order valence-electron chi connectivity index (χ2n) is 3.23. The van der Waals surface area contributed by atoms with Crippen LogP contribution >= 0.6 is 0 Å². The first-order valence-electron chi connectivity index (χ1n) is 4.24. The molecule has 1 aromatic rings. The second kappa shape index (κ2) is 4.10. The molecule has 0 spiro atoms. The van der Waals surface area contributed by atoms with Crippen LogP contribution in [0.3, 0.4) is 0 Å². The van der Waals surface area contributed by atoms with Crippen LogP contribution < -0.4 is 5.73 Å². The van der Waals surface area contributed by atoms with Crippen molar-refractivity contribution < 1.29 is 19.8 Å². The van der Waals surface area contributed by atoms with E-state index in [0.29, 0.717) is 11.8 Å². The third-order valence-electron chi connectivity index (χ3n) is 2.04. The first-order valence-corrected chi connectivity index (χ1v) is 4.24. The maximum Gasteiger partial charge on any atom is 0.325 e. The van der Waals surface area contributed by atoms with E-state index < -0.39 is 12.0 Å². The molecular weight excluding hydrogens is 198 g/mol. The number of carbonyl (C=O) groups excluding carboxylic acids is 1. The minimum atomic E-state index is -1.33. The summed E-state index contributed by atoms with van der Waals surface area (Å²) < 4.78 is 0. The summed E-state index contributed by atoms with van der Waals surface area (Å²) in [5.41, 5.74) is 6.11. The Kier molecular flexibility index (Phi) is 3.06. The largest absolute Gasteiger partial charge is 0.507 e. The minimum Gasteiger partial charge on any atom is -0.507 e. The monoisotopic (exact) mass is 209 g/mol. The Morgan fingerprint density at radius 1 is 1.53 bits per heavy atom. The molecule has 0 saturated carbocycles. The third kappa shape index (κ3) is 2.13. The lowest BCUT2D eigenvalue weighted by Crippen LogP contribution is -2.21. The number of aliphatic carboxylic acids is 1. The number of benzene rings is 1. The predicted molar refractivity (Wildman–Crippen MR) is 52.8 cm³/mol. The molecule has 1 rings (SSSR count). The molecule has 15 heavy (non-hydrogen) atoms. The third-order valence-corrected chi connectivity index (χ3v) is 2.04. The van der Waals surface area contributed by atoms with Crippen molar-refractivity contribution in [2.75, 3.05) is 0 Å². The number of aryl methyl sites for hydroxylation is 1. The lowest BCUT2D eigenvalue weighted by Gasteiger charge is -2.11. The van der Waals surface area contributed by atoms with Crippen LogP contribution in [0.4, 0.5) is 0 Å². The van der Waals surface area contributed by atoms with Crippen LogP contribution in [0.2, 0.25) is 0 Å². The van der Waals surface area contributed by atoms with Crippen LogP contribution in [-0.2, 0) is 4.79 Å². The number of carboxylic acids is 1. The topological polar surface area (TPSA) is 101 Å². The zero-order valence-corrected chi connectivity index (χ0v) is 8.10. The van der Waals surface area contributed by atoms with Gasteiger partial charge in [0.2, 0.25) is 0 Å². The molecule has 1 atom stereocenters. The zero-order valence-electron chi connectivity index (χ0n) is 8.10. The summed E-state index contributed by atoms with van der Waals surface area (Å²) in [6.07, 6.45) is 0.459.